The van der Waals surface area contributed by atoms with Crippen molar-refractivity contribution in [2.75, 3.05) is 12.8 Å². The average Bonchev–Trinajstić information content (AvgIpc) is 2.62. The molecule has 0 radical (unpaired) electrons. The first kappa shape index (κ1) is 19.9. The number of carbonyl (C=O) groups is 1. The van der Waals surface area contributed by atoms with E-state index in [0.29, 0.717) is 10.6 Å². The Balaban J connectivity index is 1.72. The van der Waals surface area contributed by atoms with Crippen LogP contribution in [0.15, 0.2) is 48.5 Å². The summed E-state index contributed by atoms with van der Waals surface area (Å²) < 4.78 is 25.5. The van der Waals surface area contributed by atoms with Crippen molar-refractivity contribution in [2.45, 2.75) is 31.8 Å². The normalized spacial score (nSPS) is 16.8. The van der Waals surface area contributed by atoms with Gasteiger partial charge in [-0.05, 0) is 42.0 Å². The Morgan fingerprint density at radius 2 is 1.89 bits per heavy atom. The Labute approximate surface area is 165 Å². The van der Waals surface area contributed by atoms with Crippen LogP contribution in [0.4, 0.5) is 0 Å². The van der Waals surface area contributed by atoms with E-state index in [4.69, 9.17) is 11.6 Å². The third-order valence-corrected chi connectivity index (χ3v) is 6.36. The van der Waals surface area contributed by atoms with E-state index < -0.39 is 10.0 Å². The largest absolute Gasteiger partial charge is 0.348 e. The van der Waals surface area contributed by atoms with E-state index in [1.165, 1.54) is 5.56 Å². The van der Waals surface area contributed by atoms with E-state index in [1.54, 1.807) is 24.3 Å². The zero-order valence-electron chi connectivity index (χ0n) is 15.2. The van der Waals surface area contributed by atoms with Crippen LogP contribution in [0.2, 0.25) is 5.02 Å². The lowest BCUT2D eigenvalue weighted by molar-refractivity contribution is -0.122. The van der Waals surface area contributed by atoms with Crippen molar-refractivity contribution in [3.05, 3.63) is 70.2 Å². The van der Waals surface area contributed by atoms with E-state index in [-0.39, 0.29) is 25.0 Å². The highest BCUT2D eigenvalue weighted by molar-refractivity contribution is 7.88. The molecule has 0 bridgehead atoms. The number of hydrogen-bond donors (Lipinski definition) is 1. The van der Waals surface area contributed by atoms with E-state index in [9.17, 15) is 13.2 Å². The fourth-order valence-electron chi connectivity index (χ4n) is 3.41. The smallest absolute Gasteiger partial charge is 0.235 e. The van der Waals surface area contributed by atoms with Crippen molar-refractivity contribution in [3.8, 4) is 0 Å². The van der Waals surface area contributed by atoms with Gasteiger partial charge in [0.25, 0.3) is 0 Å². The van der Waals surface area contributed by atoms with E-state index in [1.807, 2.05) is 18.2 Å². The molecule has 1 amide bonds. The van der Waals surface area contributed by atoms with Crippen LogP contribution in [0, 0.1) is 0 Å². The summed E-state index contributed by atoms with van der Waals surface area (Å²) in [4.78, 5) is 12.6. The SMILES string of the molecule is CS(=O)(=O)N(CC(=O)N[C@@H]1CCCc2ccccc21)Cc1ccccc1Cl. The molecule has 1 atom stereocenters. The number of rotatable bonds is 6. The number of benzene rings is 2. The van der Waals surface area contributed by atoms with Crippen LogP contribution in [0.3, 0.4) is 0 Å². The summed E-state index contributed by atoms with van der Waals surface area (Å²) in [6.45, 7) is -0.171. The number of aryl methyl sites for hydroxylation is 1. The van der Waals surface area contributed by atoms with E-state index in [0.717, 1.165) is 35.4 Å². The molecule has 7 heteroatoms. The van der Waals surface area contributed by atoms with Crippen LogP contribution >= 0.6 is 11.6 Å². The van der Waals surface area contributed by atoms with E-state index >= 15 is 0 Å². The van der Waals surface area contributed by atoms with Gasteiger partial charge >= 0.3 is 0 Å². The summed E-state index contributed by atoms with van der Waals surface area (Å²) in [6.07, 6.45) is 3.96. The highest BCUT2D eigenvalue weighted by Crippen LogP contribution is 2.29. The second-order valence-electron chi connectivity index (χ2n) is 6.83. The molecule has 0 spiro atoms. The predicted molar refractivity (Wildman–Crippen MR) is 107 cm³/mol. The molecule has 27 heavy (non-hydrogen) atoms. The molecule has 0 saturated heterocycles. The first-order chi connectivity index (χ1) is 12.8. The molecule has 3 rings (SSSR count). The molecule has 2 aromatic carbocycles. The van der Waals surface area contributed by atoms with Gasteiger partial charge in [-0.3, -0.25) is 4.79 Å². The number of hydrogen-bond acceptors (Lipinski definition) is 3. The van der Waals surface area contributed by atoms with Crippen LogP contribution in [-0.4, -0.2) is 31.4 Å². The topological polar surface area (TPSA) is 66.5 Å². The number of amides is 1. The van der Waals surface area contributed by atoms with Gasteiger partial charge in [0.15, 0.2) is 0 Å². The molecule has 1 aliphatic carbocycles. The van der Waals surface area contributed by atoms with Crippen LogP contribution in [0.5, 0.6) is 0 Å². The lowest BCUT2D eigenvalue weighted by atomic mass is 9.88. The minimum Gasteiger partial charge on any atom is -0.348 e. The van der Waals surface area contributed by atoms with Gasteiger partial charge in [-0.25, -0.2) is 8.42 Å². The second-order valence-corrected chi connectivity index (χ2v) is 9.22. The maximum atomic E-state index is 12.6. The molecule has 0 heterocycles. The molecule has 0 aromatic heterocycles. The number of carbonyl (C=O) groups excluding carboxylic acids is 1. The van der Waals surface area contributed by atoms with Crippen molar-refractivity contribution in [1.82, 2.24) is 9.62 Å². The van der Waals surface area contributed by atoms with Crippen LogP contribution in [0.1, 0.15) is 35.6 Å². The van der Waals surface area contributed by atoms with Crippen molar-refractivity contribution in [1.29, 1.82) is 0 Å². The lowest BCUT2D eigenvalue weighted by Crippen LogP contribution is -2.41. The highest BCUT2D eigenvalue weighted by Gasteiger charge is 2.25. The van der Waals surface area contributed by atoms with Gasteiger partial charge in [0.05, 0.1) is 18.8 Å². The molecule has 5 nitrogen and oxygen atoms in total. The van der Waals surface area contributed by atoms with E-state index in [2.05, 4.69) is 11.4 Å². The minimum absolute atomic E-state index is 0.0627. The predicted octanol–water partition coefficient (Wildman–Crippen LogP) is 3.30. The van der Waals surface area contributed by atoms with Gasteiger partial charge in [-0.15, -0.1) is 0 Å². The molecule has 0 unspecified atom stereocenters. The van der Waals surface area contributed by atoms with Crippen molar-refractivity contribution in [2.24, 2.45) is 0 Å². The lowest BCUT2D eigenvalue weighted by Gasteiger charge is -2.27. The monoisotopic (exact) mass is 406 g/mol. The first-order valence-corrected chi connectivity index (χ1v) is 11.1. The van der Waals surface area contributed by atoms with Gasteiger partial charge < -0.3 is 5.32 Å². The number of halogens is 1. The van der Waals surface area contributed by atoms with Crippen molar-refractivity contribution >= 4 is 27.5 Å². The summed E-state index contributed by atoms with van der Waals surface area (Å²) in [5.41, 5.74) is 3.03. The molecular formula is C20H23ClN2O3S. The molecule has 1 aliphatic rings. The molecule has 0 fully saturated rings. The summed E-state index contributed by atoms with van der Waals surface area (Å²) >= 11 is 6.14. The Bertz CT molecular complexity index is 930. The Kier molecular flexibility index (Phi) is 6.19. The van der Waals surface area contributed by atoms with Crippen molar-refractivity contribution < 1.29 is 13.2 Å². The maximum absolute atomic E-state index is 12.6. The number of fused-ring (bicyclic) bond motifs is 1. The summed E-state index contributed by atoms with van der Waals surface area (Å²) in [7, 11) is -3.56. The van der Waals surface area contributed by atoms with Gasteiger partial charge in [-0.2, -0.15) is 4.31 Å². The highest BCUT2D eigenvalue weighted by atomic mass is 35.5. The third kappa shape index (κ3) is 5.09. The van der Waals surface area contributed by atoms with Crippen LogP contribution in [-0.2, 0) is 27.8 Å². The first-order valence-electron chi connectivity index (χ1n) is 8.90. The summed E-state index contributed by atoms with van der Waals surface area (Å²) in [6, 6.07) is 15.0. The molecule has 0 saturated carbocycles. The molecular weight excluding hydrogens is 384 g/mol. The number of nitrogens with zero attached hydrogens (tertiary/aromatic N) is 1. The zero-order chi connectivity index (χ0) is 19.4. The Morgan fingerprint density at radius 1 is 1.19 bits per heavy atom. The third-order valence-electron chi connectivity index (χ3n) is 4.80. The number of nitrogens with one attached hydrogen (secondary N) is 1. The molecule has 144 valence electrons. The van der Waals surface area contributed by atoms with Crippen molar-refractivity contribution in [3.63, 3.8) is 0 Å². The Hall–Kier alpha value is -1.89. The fourth-order valence-corrected chi connectivity index (χ4v) is 4.33. The maximum Gasteiger partial charge on any atom is 0.235 e. The number of sulfonamides is 1. The van der Waals surface area contributed by atoms with Gasteiger partial charge in [0.1, 0.15) is 0 Å². The van der Waals surface area contributed by atoms with Crippen LogP contribution in [0.25, 0.3) is 0 Å². The standard InChI is InChI=1S/C20H23ClN2O3S/c1-27(25,26)23(13-16-8-3-5-11-18(16)21)14-20(24)22-19-12-6-9-15-7-2-4-10-17(15)19/h2-5,7-8,10-11,19H,6,9,12-14H2,1H3,(H,22,24)/t19-/m1/s1. The fraction of sp³-hybridized carbons (Fsp3) is 0.350. The molecule has 2 aromatic rings. The Morgan fingerprint density at radius 3 is 2.63 bits per heavy atom. The zero-order valence-corrected chi connectivity index (χ0v) is 16.8. The molecule has 1 N–H and O–H groups in total. The van der Waals surface area contributed by atoms with Gasteiger partial charge in [-0.1, -0.05) is 54.1 Å². The summed E-state index contributed by atoms with van der Waals surface area (Å²) in [5, 5.41) is 3.48. The van der Waals surface area contributed by atoms with Gasteiger partial charge in [0.2, 0.25) is 15.9 Å². The summed E-state index contributed by atoms with van der Waals surface area (Å²) in [5.74, 6) is -0.311. The van der Waals surface area contributed by atoms with Crippen LogP contribution < -0.4 is 5.32 Å². The van der Waals surface area contributed by atoms with Gasteiger partial charge in [0, 0.05) is 11.6 Å². The quantitative estimate of drug-likeness (QED) is 0.800. The average molecular weight is 407 g/mol. The minimum atomic E-state index is -3.56. The molecule has 0 aliphatic heterocycles. The second kappa shape index (κ2) is 8.42.